The van der Waals surface area contributed by atoms with Gasteiger partial charge in [0.05, 0.1) is 23.8 Å². The second kappa shape index (κ2) is 6.19. The zero-order valence-corrected chi connectivity index (χ0v) is 15.0. The largest absolute Gasteiger partial charge is 0.399 e. The van der Waals surface area contributed by atoms with Crippen LogP contribution in [0.15, 0.2) is 35.5 Å². The van der Waals surface area contributed by atoms with E-state index in [0.29, 0.717) is 17.3 Å². The molecule has 0 atom stereocenters. The molecule has 0 saturated heterocycles. The molecule has 0 unspecified atom stereocenters. The summed E-state index contributed by atoms with van der Waals surface area (Å²) in [7, 11) is 1.56. The summed E-state index contributed by atoms with van der Waals surface area (Å²) in [6, 6.07) is 5.43. The highest BCUT2D eigenvalue weighted by atomic mass is 32.2. The summed E-state index contributed by atoms with van der Waals surface area (Å²) >= 11 is 0. The molecule has 3 rings (SSSR count). The molecule has 1 heterocycles. The van der Waals surface area contributed by atoms with Gasteiger partial charge in [0.2, 0.25) is 10.0 Å². The first-order chi connectivity index (χ1) is 11.3. The van der Waals surface area contributed by atoms with Crippen molar-refractivity contribution < 1.29 is 8.42 Å². The van der Waals surface area contributed by atoms with E-state index in [0.717, 1.165) is 18.4 Å². The molecule has 0 spiro atoms. The Kier molecular flexibility index (Phi) is 4.37. The molecular weight excluding hydrogens is 326 g/mol. The number of nitrogen functional groups attached to an aromatic ring is 1. The fourth-order valence-electron chi connectivity index (χ4n) is 2.65. The van der Waals surface area contributed by atoms with Crippen LogP contribution in [-0.4, -0.2) is 55.2 Å². The van der Waals surface area contributed by atoms with Crippen molar-refractivity contribution in [2.75, 3.05) is 33.5 Å². The van der Waals surface area contributed by atoms with E-state index < -0.39 is 10.0 Å². The molecule has 8 heteroatoms. The normalized spacial score (nSPS) is 15.4. The van der Waals surface area contributed by atoms with Gasteiger partial charge < -0.3 is 5.73 Å². The third kappa shape index (κ3) is 3.31. The van der Waals surface area contributed by atoms with Crippen molar-refractivity contribution in [3.05, 3.63) is 30.6 Å². The molecule has 0 aliphatic heterocycles. The van der Waals surface area contributed by atoms with Crippen molar-refractivity contribution in [2.24, 2.45) is 0 Å². The van der Waals surface area contributed by atoms with Crippen molar-refractivity contribution in [1.29, 1.82) is 0 Å². The number of aromatic nitrogens is 2. The Hall–Kier alpha value is -1.90. The maximum atomic E-state index is 13.0. The minimum atomic E-state index is -3.66. The van der Waals surface area contributed by atoms with E-state index in [1.807, 2.05) is 25.0 Å². The quantitative estimate of drug-likeness (QED) is 0.633. The Morgan fingerprint density at radius 1 is 1.29 bits per heavy atom. The standard InChI is InChI=1S/C16H23N5O2S/c1-19(2)11-20(3)24(22,23)16-8-13(17)4-7-15(16)12-9-18-21(10-12)14-5-6-14/h4,7-10,14H,5-6,11,17H2,1-3H3. The minimum absolute atomic E-state index is 0.210. The van der Waals surface area contributed by atoms with Gasteiger partial charge in [0, 0.05) is 30.1 Å². The van der Waals surface area contributed by atoms with E-state index in [1.54, 1.807) is 30.3 Å². The summed E-state index contributed by atoms with van der Waals surface area (Å²) in [4.78, 5) is 2.01. The van der Waals surface area contributed by atoms with Gasteiger partial charge in [-0.25, -0.2) is 8.42 Å². The zero-order chi connectivity index (χ0) is 17.5. The highest BCUT2D eigenvalue weighted by molar-refractivity contribution is 7.89. The van der Waals surface area contributed by atoms with Crippen LogP contribution >= 0.6 is 0 Å². The lowest BCUT2D eigenvalue weighted by molar-refractivity contribution is 0.295. The number of nitrogens with two attached hydrogens (primary N) is 1. The molecule has 130 valence electrons. The lowest BCUT2D eigenvalue weighted by Gasteiger charge is -2.22. The Morgan fingerprint density at radius 3 is 2.62 bits per heavy atom. The molecule has 1 aliphatic rings. The molecule has 0 bridgehead atoms. The van der Waals surface area contributed by atoms with Crippen molar-refractivity contribution in [3.8, 4) is 11.1 Å². The van der Waals surface area contributed by atoms with Crippen LogP contribution in [0, 0.1) is 0 Å². The number of rotatable bonds is 6. The monoisotopic (exact) mass is 349 g/mol. The molecule has 2 aromatic rings. The third-order valence-electron chi connectivity index (χ3n) is 4.01. The summed E-state index contributed by atoms with van der Waals surface area (Å²) in [5.74, 6) is 0. The predicted octanol–water partition coefficient (Wildman–Crippen LogP) is 1.61. The van der Waals surface area contributed by atoms with E-state index in [-0.39, 0.29) is 11.6 Å². The molecule has 0 amide bonds. The fourth-order valence-corrected chi connectivity index (χ4v) is 4.12. The maximum absolute atomic E-state index is 13.0. The van der Waals surface area contributed by atoms with Crippen molar-refractivity contribution in [2.45, 2.75) is 23.8 Å². The van der Waals surface area contributed by atoms with Gasteiger partial charge in [-0.1, -0.05) is 6.07 Å². The smallest absolute Gasteiger partial charge is 0.244 e. The van der Waals surface area contributed by atoms with Gasteiger partial charge in [-0.05, 0) is 39.1 Å². The first kappa shape index (κ1) is 16.9. The van der Waals surface area contributed by atoms with E-state index in [1.165, 1.54) is 10.4 Å². The molecule has 1 aromatic carbocycles. The van der Waals surface area contributed by atoms with Crippen LogP contribution in [0.4, 0.5) is 5.69 Å². The number of hydrogen-bond acceptors (Lipinski definition) is 5. The van der Waals surface area contributed by atoms with E-state index in [2.05, 4.69) is 5.10 Å². The Labute approximate surface area is 142 Å². The molecule has 24 heavy (non-hydrogen) atoms. The van der Waals surface area contributed by atoms with Crippen LogP contribution in [0.2, 0.25) is 0 Å². The maximum Gasteiger partial charge on any atom is 0.244 e. The van der Waals surface area contributed by atoms with E-state index in [4.69, 9.17) is 5.73 Å². The summed E-state index contributed by atoms with van der Waals surface area (Å²) in [6.45, 7) is 0.290. The van der Waals surface area contributed by atoms with E-state index in [9.17, 15) is 8.42 Å². The molecule has 1 saturated carbocycles. The first-order valence-electron chi connectivity index (χ1n) is 7.84. The van der Waals surface area contributed by atoms with E-state index >= 15 is 0 Å². The first-order valence-corrected chi connectivity index (χ1v) is 9.28. The SMILES string of the molecule is CN(C)CN(C)S(=O)(=O)c1cc(N)ccc1-c1cnn(C2CC2)c1. The summed E-state index contributed by atoms with van der Waals surface area (Å²) in [6.07, 6.45) is 5.88. The highest BCUT2D eigenvalue weighted by Crippen LogP contribution is 2.36. The molecule has 1 aromatic heterocycles. The van der Waals surface area contributed by atoms with Crippen LogP contribution < -0.4 is 5.73 Å². The van der Waals surface area contributed by atoms with Crippen LogP contribution in [0.5, 0.6) is 0 Å². The highest BCUT2D eigenvalue weighted by Gasteiger charge is 2.28. The second-order valence-electron chi connectivity index (χ2n) is 6.52. The average molecular weight is 349 g/mol. The van der Waals surface area contributed by atoms with Gasteiger partial charge in [0.25, 0.3) is 0 Å². The van der Waals surface area contributed by atoms with Gasteiger partial charge in [0.15, 0.2) is 0 Å². The molecular formula is C16H23N5O2S. The van der Waals surface area contributed by atoms with Crippen LogP contribution in [0.1, 0.15) is 18.9 Å². The Balaban J connectivity index is 2.04. The number of nitrogens with zero attached hydrogens (tertiary/aromatic N) is 4. The predicted molar refractivity (Wildman–Crippen MR) is 93.8 cm³/mol. The van der Waals surface area contributed by atoms with Crippen LogP contribution in [0.3, 0.4) is 0 Å². The van der Waals surface area contributed by atoms with Gasteiger partial charge in [-0.15, -0.1) is 0 Å². The number of anilines is 1. The molecule has 1 aliphatic carbocycles. The van der Waals surface area contributed by atoms with Crippen molar-refractivity contribution in [1.82, 2.24) is 19.0 Å². The molecule has 7 nitrogen and oxygen atoms in total. The summed E-state index contributed by atoms with van der Waals surface area (Å²) in [5, 5.41) is 4.36. The summed E-state index contributed by atoms with van der Waals surface area (Å²) < 4.78 is 29.2. The van der Waals surface area contributed by atoms with Crippen LogP contribution in [-0.2, 0) is 10.0 Å². The van der Waals surface area contributed by atoms with Gasteiger partial charge in [0.1, 0.15) is 0 Å². The van der Waals surface area contributed by atoms with Gasteiger partial charge in [-0.3, -0.25) is 9.58 Å². The number of sulfonamides is 1. The number of benzene rings is 1. The lowest BCUT2D eigenvalue weighted by Crippen LogP contribution is -2.35. The fraction of sp³-hybridized carbons (Fsp3) is 0.438. The average Bonchev–Trinajstić information content (AvgIpc) is 3.24. The molecule has 1 fully saturated rings. The summed E-state index contributed by atoms with van der Waals surface area (Å²) in [5.41, 5.74) is 7.69. The van der Waals surface area contributed by atoms with Crippen molar-refractivity contribution >= 4 is 15.7 Å². The van der Waals surface area contributed by atoms with Gasteiger partial charge in [-0.2, -0.15) is 9.40 Å². The van der Waals surface area contributed by atoms with Gasteiger partial charge >= 0.3 is 0 Å². The number of hydrogen-bond donors (Lipinski definition) is 1. The third-order valence-corrected chi connectivity index (χ3v) is 5.84. The molecule has 0 radical (unpaired) electrons. The molecule has 2 N–H and O–H groups in total. The zero-order valence-electron chi connectivity index (χ0n) is 14.2. The Bertz CT molecular complexity index is 840. The van der Waals surface area contributed by atoms with Crippen LogP contribution in [0.25, 0.3) is 11.1 Å². The minimum Gasteiger partial charge on any atom is -0.399 e. The Morgan fingerprint density at radius 2 is 2.00 bits per heavy atom. The topological polar surface area (TPSA) is 84.5 Å². The lowest BCUT2D eigenvalue weighted by atomic mass is 10.1. The van der Waals surface area contributed by atoms with Crippen molar-refractivity contribution in [3.63, 3.8) is 0 Å². The second-order valence-corrected chi connectivity index (χ2v) is 8.53.